The number of aromatic nitrogens is 4. The molecule has 4 aromatic rings. The maximum absolute atomic E-state index is 12.6. The topological polar surface area (TPSA) is 124 Å². The van der Waals surface area contributed by atoms with E-state index in [2.05, 4.69) is 20.4 Å². The van der Waals surface area contributed by atoms with Gasteiger partial charge in [-0.3, -0.25) is 14.6 Å². The quantitative estimate of drug-likeness (QED) is 0.423. The van der Waals surface area contributed by atoms with Gasteiger partial charge in [0.1, 0.15) is 23.0 Å². The summed E-state index contributed by atoms with van der Waals surface area (Å²) in [7, 11) is 1.55. The zero-order chi connectivity index (χ0) is 23.4. The number of H-pyrrole nitrogens is 1. The molecule has 0 saturated heterocycles. The molecule has 0 aliphatic carbocycles. The van der Waals surface area contributed by atoms with E-state index in [9.17, 15) is 9.59 Å². The number of carbonyl (C=O) groups is 1. The third-order valence-electron chi connectivity index (χ3n) is 4.70. The highest BCUT2D eigenvalue weighted by Crippen LogP contribution is 2.24. The summed E-state index contributed by atoms with van der Waals surface area (Å²) in [5.74, 6) is 1.68. The summed E-state index contributed by atoms with van der Waals surface area (Å²) in [6.07, 6.45) is 1.52. The van der Waals surface area contributed by atoms with E-state index in [1.165, 1.54) is 17.0 Å². The Labute approximate surface area is 189 Å². The number of nitrogens with zero attached hydrogens (tertiary/aromatic N) is 3. The average Bonchev–Trinajstić information content (AvgIpc) is 3.47. The summed E-state index contributed by atoms with van der Waals surface area (Å²) in [5, 5.41) is 7.24. The highest BCUT2D eigenvalue weighted by Gasteiger charge is 2.18. The number of amides is 1. The molecule has 0 unspecified atom stereocenters. The fourth-order valence-electron chi connectivity index (χ4n) is 3.05. The Balaban J connectivity index is 1.61. The lowest BCUT2D eigenvalue weighted by molar-refractivity contribution is -0.118. The molecule has 0 aliphatic rings. The van der Waals surface area contributed by atoms with E-state index in [4.69, 9.17) is 13.9 Å². The van der Waals surface area contributed by atoms with Crippen LogP contribution in [0, 0.1) is 0 Å². The molecular weight excluding hydrogens is 426 g/mol. The first-order chi connectivity index (χ1) is 15.9. The first kappa shape index (κ1) is 21.9. The standard InChI is InChI=1S/C23H23N5O5/c1-14(2)17-12-21(29)26-23(24-17)28-20(11-18(27-28)19-8-5-9-32-19)25-22(30)13-33-16-7-4-6-15(10-16)31-3/h4-12,14H,13H2,1-3H3,(H,25,30)(H,24,26,29). The molecule has 1 amide bonds. The normalized spacial score (nSPS) is 10.9. The molecule has 0 saturated carbocycles. The molecule has 33 heavy (non-hydrogen) atoms. The number of hydrogen-bond donors (Lipinski definition) is 2. The molecular formula is C23H23N5O5. The van der Waals surface area contributed by atoms with E-state index in [0.29, 0.717) is 34.5 Å². The number of carbonyl (C=O) groups excluding carboxylic acids is 1. The van der Waals surface area contributed by atoms with Crippen molar-refractivity contribution >= 4 is 11.7 Å². The zero-order valence-electron chi connectivity index (χ0n) is 18.4. The number of methoxy groups -OCH3 is 1. The molecule has 1 aromatic carbocycles. The number of rotatable bonds is 8. The van der Waals surface area contributed by atoms with Crippen molar-refractivity contribution in [3.8, 4) is 28.9 Å². The summed E-state index contributed by atoms with van der Waals surface area (Å²) >= 11 is 0. The van der Waals surface area contributed by atoms with Crippen molar-refractivity contribution in [1.29, 1.82) is 0 Å². The number of hydrogen-bond acceptors (Lipinski definition) is 7. The van der Waals surface area contributed by atoms with E-state index in [-0.39, 0.29) is 24.0 Å². The van der Waals surface area contributed by atoms with Gasteiger partial charge >= 0.3 is 0 Å². The van der Waals surface area contributed by atoms with Gasteiger partial charge in [0.05, 0.1) is 19.1 Å². The van der Waals surface area contributed by atoms with Crippen LogP contribution in [0.25, 0.3) is 17.4 Å². The smallest absolute Gasteiger partial charge is 0.263 e. The van der Waals surface area contributed by atoms with Crippen LogP contribution in [-0.2, 0) is 4.79 Å². The van der Waals surface area contributed by atoms with Crippen molar-refractivity contribution < 1.29 is 18.7 Å². The number of furan rings is 1. The lowest BCUT2D eigenvalue weighted by atomic mass is 10.1. The Morgan fingerprint density at radius 3 is 2.73 bits per heavy atom. The molecule has 0 atom stereocenters. The highest BCUT2D eigenvalue weighted by atomic mass is 16.5. The fraction of sp³-hybridized carbons (Fsp3) is 0.217. The van der Waals surface area contributed by atoms with E-state index < -0.39 is 5.91 Å². The van der Waals surface area contributed by atoms with Gasteiger partial charge < -0.3 is 19.2 Å². The largest absolute Gasteiger partial charge is 0.497 e. The van der Waals surface area contributed by atoms with Crippen molar-refractivity contribution in [1.82, 2.24) is 19.7 Å². The molecule has 3 aromatic heterocycles. The zero-order valence-corrected chi connectivity index (χ0v) is 18.4. The number of nitrogens with one attached hydrogen (secondary N) is 2. The molecule has 0 bridgehead atoms. The maximum Gasteiger partial charge on any atom is 0.263 e. The highest BCUT2D eigenvalue weighted by molar-refractivity contribution is 5.91. The summed E-state index contributed by atoms with van der Waals surface area (Å²) in [4.78, 5) is 32.0. The van der Waals surface area contributed by atoms with E-state index >= 15 is 0 Å². The van der Waals surface area contributed by atoms with Gasteiger partial charge in [0.2, 0.25) is 5.95 Å². The molecule has 0 fully saturated rings. The Morgan fingerprint density at radius 1 is 1.18 bits per heavy atom. The maximum atomic E-state index is 12.6. The van der Waals surface area contributed by atoms with Crippen LogP contribution in [-0.4, -0.2) is 39.4 Å². The molecule has 4 rings (SSSR count). The first-order valence-electron chi connectivity index (χ1n) is 10.2. The van der Waals surface area contributed by atoms with Gasteiger partial charge in [-0.15, -0.1) is 0 Å². The average molecular weight is 449 g/mol. The molecule has 170 valence electrons. The van der Waals surface area contributed by atoms with Crippen LogP contribution in [0.5, 0.6) is 11.5 Å². The van der Waals surface area contributed by atoms with Crippen LogP contribution in [0.4, 0.5) is 5.82 Å². The molecule has 0 aliphatic heterocycles. The van der Waals surface area contributed by atoms with Crippen LogP contribution in [0.3, 0.4) is 0 Å². The minimum absolute atomic E-state index is 0.0282. The van der Waals surface area contributed by atoms with Gasteiger partial charge in [-0.25, -0.2) is 4.98 Å². The fourth-order valence-corrected chi connectivity index (χ4v) is 3.05. The first-order valence-corrected chi connectivity index (χ1v) is 10.2. The van der Waals surface area contributed by atoms with Crippen LogP contribution in [0.2, 0.25) is 0 Å². The van der Waals surface area contributed by atoms with Gasteiger partial charge in [-0.2, -0.15) is 9.78 Å². The lowest BCUT2D eigenvalue weighted by Crippen LogP contribution is -2.23. The summed E-state index contributed by atoms with van der Waals surface area (Å²) < 4.78 is 17.5. The molecule has 0 radical (unpaired) electrons. The Kier molecular flexibility index (Phi) is 6.25. The van der Waals surface area contributed by atoms with Crippen LogP contribution < -0.4 is 20.3 Å². The molecule has 10 nitrogen and oxygen atoms in total. The van der Waals surface area contributed by atoms with Crippen molar-refractivity contribution in [3.63, 3.8) is 0 Å². The number of anilines is 1. The van der Waals surface area contributed by atoms with Crippen molar-refractivity contribution in [3.05, 3.63) is 70.8 Å². The summed E-state index contributed by atoms with van der Waals surface area (Å²) in [5.41, 5.74) is 0.737. The minimum atomic E-state index is -0.424. The van der Waals surface area contributed by atoms with E-state index in [1.807, 2.05) is 13.8 Å². The molecule has 0 spiro atoms. The third kappa shape index (κ3) is 5.12. The summed E-state index contributed by atoms with van der Waals surface area (Å²) in [6.45, 7) is 3.62. The SMILES string of the molecule is COc1cccc(OCC(=O)Nc2cc(-c3ccco3)nn2-c2nc(C(C)C)cc(=O)[nH]2)c1. The third-order valence-corrected chi connectivity index (χ3v) is 4.70. The monoisotopic (exact) mass is 449 g/mol. The van der Waals surface area contributed by atoms with Gasteiger partial charge in [0, 0.05) is 18.2 Å². The van der Waals surface area contributed by atoms with Gasteiger partial charge in [0.25, 0.3) is 11.5 Å². The number of aromatic amines is 1. The van der Waals surface area contributed by atoms with Crippen molar-refractivity contribution in [2.75, 3.05) is 19.0 Å². The second kappa shape index (κ2) is 9.43. The Bertz CT molecular complexity index is 1310. The van der Waals surface area contributed by atoms with E-state index in [1.54, 1.807) is 49.6 Å². The predicted octanol–water partition coefficient (Wildman–Crippen LogP) is 3.37. The van der Waals surface area contributed by atoms with Crippen LogP contribution >= 0.6 is 0 Å². The van der Waals surface area contributed by atoms with Gasteiger partial charge in [-0.1, -0.05) is 19.9 Å². The molecule has 10 heteroatoms. The Hall–Kier alpha value is -4.34. The van der Waals surface area contributed by atoms with Gasteiger partial charge in [-0.05, 0) is 30.2 Å². The molecule has 2 N–H and O–H groups in total. The number of ether oxygens (including phenoxy) is 2. The lowest BCUT2D eigenvalue weighted by Gasteiger charge is -2.11. The van der Waals surface area contributed by atoms with Crippen LogP contribution in [0.1, 0.15) is 25.5 Å². The molecule has 3 heterocycles. The second-order valence-electron chi connectivity index (χ2n) is 7.47. The van der Waals surface area contributed by atoms with Gasteiger partial charge in [0.15, 0.2) is 12.4 Å². The van der Waals surface area contributed by atoms with Crippen LogP contribution in [0.15, 0.2) is 64.0 Å². The van der Waals surface area contributed by atoms with Crippen molar-refractivity contribution in [2.24, 2.45) is 0 Å². The second-order valence-corrected chi connectivity index (χ2v) is 7.47. The van der Waals surface area contributed by atoms with Crippen molar-refractivity contribution in [2.45, 2.75) is 19.8 Å². The van der Waals surface area contributed by atoms with E-state index in [0.717, 1.165) is 0 Å². The minimum Gasteiger partial charge on any atom is -0.497 e. The number of benzene rings is 1. The Morgan fingerprint density at radius 2 is 2.00 bits per heavy atom. The predicted molar refractivity (Wildman–Crippen MR) is 121 cm³/mol. The summed E-state index contributed by atoms with van der Waals surface area (Å²) in [6, 6.07) is 13.5.